The Balaban J connectivity index is 2.20. The van der Waals surface area contributed by atoms with Crippen molar-refractivity contribution < 1.29 is 4.74 Å². The normalized spacial score (nSPS) is 13.9. The highest BCUT2D eigenvalue weighted by molar-refractivity contribution is 5.81. The van der Waals surface area contributed by atoms with Gasteiger partial charge in [-0.2, -0.15) is 5.26 Å². The minimum Gasteiger partial charge on any atom is -0.489 e. The van der Waals surface area contributed by atoms with Gasteiger partial charge >= 0.3 is 0 Å². The van der Waals surface area contributed by atoms with Gasteiger partial charge in [0, 0.05) is 24.8 Å². The van der Waals surface area contributed by atoms with Crippen molar-refractivity contribution in [1.82, 2.24) is 4.98 Å². The maximum Gasteiger partial charge on any atom is 0.172 e. The molecule has 4 heteroatoms. The second-order valence-corrected chi connectivity index (χ2v) is 5.30. The molecule has 0 aliphatic carbocycles. The summed E-state index contributed by atoms with van der Waals surface area (Å²) in [7, 11) is 0. The van der Waals surface area contributed by atoms with Crippen molar-refractivity contribution in [2.45, 2.75) is 19.8 Å². The van der Waals surface area contributed by atoms with Crippen LogP contribution in [-0.4, -0.2) is 24.7 Å². The van der Waals surface area contributed by atoms with E-state index in [0.717, 1.165) is 35.8 Å². The maximum absolute atomic E-state index is 9.47. The Bertz CT molecular complexity index is 685. The molecule has 0 atom stereocenters. The summed E-state index contributed by atoms with van der Waals surface area (Å²) in [6.45, 7) is 4.50. The van der Waals surface area contributed by atoms with E-state index in [1.807, 2.05) is 37.3 Å². The summed E-state index contributed by atoms with van der Waals surface area (Å²) in [6, 6.07) is 12.2. The van der Waals surface area contributed by atoms with Gasteiger partial charge in [-0.25, -0.2) is 4.98 Å². The number of ether oxygens (including phenoxy) is 1. The largest absolute Gasteiger partial charge is 0.489 e. The molecule has 1 aliphatic rings. The molecular weight excluding hydrogens is 274 g/mol. The smallest absolute Gasteiger partial charge is 0.172 e. The van der Waals surface area contributed by atoms with Crippen LogP contribution in [-0.2, 0) is 0 Å². The van der Waals surface area contributed by atoms with E-state index in [2.05, 4.69) is 16.0 Å². The topological polar surface area (TPSA) is 49.1 Å². The summed E-state index contributed by atoms with van der Waals surface area (Å²) in [4.78, 5) is 6.76. The Morgan fingerprint density at radius 1 is 1.23 bits per heavy atom. The summed E-state index contributed by atoms with van der Waals surface area (Å²) < 4.78 is 5.92. The summed E-state index contributed by atoms with van der Waals surface area (Å²) in [5, 5.41) is 9.47. The van der Waals surface area contributed by atoms with Crippen LogP contribution in [0.25, 0.3) is 11.1 Å². The van der Waals surface area contributed by atoms with E-state index in [-0.39, 0.29) is 0 Å². The van der Waals surface area contributed by atoms with Crippen molar-refractivity contribution >= 4 is 5.82 Å². The fourth-order valence-electron chi connectivity index (χ4n) is 2.89. The van der Waals surface area contributed by atoms with Crippen molar-refractivity contribution in [2.75, 3.05) is 24.6 Å². The Morgan fingerprint density at radius 2 is 1.95 bits per heavy atom. The average molecular weight is 293 g/mol. The predicted molar refractivity (Wildman–Crippen MR) is 87.0 cm³/mol. The number of hydrogen-bond donors (Lipinski definition) is 0. The van der Waals surface area contributed by atoms with Gasteiger partial charge in [0.15, 0.2) is 11.6 Å². The number of nitriles is 1. The second kappa shape index (κ2) is 6.48. The van der Waals surface area contributed by atoms with Crippen LogP contribution in [0.15, 0.2) is 36.5 Å². The Labute approximate surface area is 131 Å². The van der Waals surface area contributed by atoms with Crippen molar-refractivity contribution in [3.63, 3.8) is 0 Å². The highest BCUT2D eigenvalue weighted by Gasteiger charge is 2.23. The van der Waals surface area contributed by atoms with Crippen LogP contribution in [0.2, 0.25) is 0 Å². The zero-order chi connectivity index (χ0) is 15.4. The zero-order valence-electron chi connectivity index (χ0n) is 12.7. The molecule has 2 heterocycles. The van der Waals surface area contributed by atoms with E-state index in [4.69, 9.17) is 4.74 Å². The predicted octanol–water partition coefficient (Wildman–Crippen LogP) is 3.62. The second-order valence-electron chi connectivity index (χ2n) is 5.30. The Morgan fingerprint density at radius 3 is 2.59 bits per heavy atom. The van der Waals surface area contributed by atoms with E-state index in [9.17, 15) is 5.26 Å². The highest BCUT2D eigenvalue weighted by Crippen LogP contribution is 2.40. The lowest BCUT2D eigenvalue weighted by molar-refractivity contribution is 0.340. The number of nitrogens with zero attached hydrogens (tertiary/aromatic N) is 3. The van der Waals surface area contributed by atoms with Gasteiger partial charge in [-0.15, -0.1) is 0 Å². The lowest BCUT2D eigenvalue weighted by atomic mass is 10.0. The fourth-order valence-corrected chi connectivity index (χ4v) is 2.89. The van der Waals surface area contributed by atoms with Crippen molar-refractivity contribution in [1.29, 1.82) is 5.26 Å². The van der Waals surface area contributed by atoms with Crippen molar-refractivity contribution in [3.05, 3.63) is 42.1 Å². The van der Waals surface area contributed by atoms with E-state index in [0.29, 0.717) is 12.2 Å². The van der Waals surface area contributed by atoms with Gasteiger partial charge in [0.05, 0.1) is 12.2 Å². The fraction of sp³-hybridized carbons (Fsp3) is 0.333. The van der Waals surface area contributed by atoms with Gasteiger partial charge in [0.1, 0.15) is 6.07 Å². The van der Waals surface area contributed by atoms with Crippen molar-refractivity contribution in [2.24, 2.45) is 0 Å². The van der Waals surface area contributed by atoms with Crippen LogP contribution in [0.3, 0.4) is 0 Å². The molecule has 1 saturated heterocycles. The first kappa shape index (κ1) is 14.4. The molecule has 0 unspecified atom stereocenters. The minimum absolute atomic E-state index is 0.553. The summed E-state index contributed by atoms with van der Waals surface area (Å²) in [5.41, 5.74) is 2.39. The monoisotopic (exact) mass is 293 g/mol. The number of benzene rings is 1. The third-order valence-electron chi connectivity index (χ3n) is 3.89. The first-order valence-corrected chi connectivity index (χ1v) is 7.71. The molecule has 2 aromatic rings. The van der Waals surface area contributed by atoms with Gasteiger partial charge in [-0.1, -0.05) is 30.3 Å². The number of pyridine rings is 1. The molecule has 1 aromatic carbocycles. The molecule has 0 bridgehead atoms. The first-order valence-electron chi connectivity index (χ1n) is 7.71. The van der Waals surface area contributed by atoms with Crippen LogP contribution in [0.4, 0.5) is 5.82 Å². The van der Waals surface area contributed by atoms with Crippen LogP contribution in [0.5, 0.6) is 5.75 Å². The summed E-state index contributed by atoms with van der Waals surface area (Å²) >= 11 is 0. The first-order chi connectivity index (χ1) is 10.8. The molecule has 1 aliphatic heterocycles. The molecule has 0 amide bonds. The van der Waals surface area contributed by atoms with Gasteiger partial charge in [-0.3, -0.25) is 0 Å². The molecule has 0 N–H and O–H groups in total. The Kier molecular flexibility index (Phi) is 4.24. The number of rotatable bonds is 4. The van der Waals surface area contributed by atoms with E-state index < -0.39 is 0 Å². The summed E-state index contributed by atoms with van der Waals surface area (Å²) in [6.07, 6.45) is 4.01. The van der Waals surface area contributed by atoms with Crippen molar-refractivity contribution in [3.8, 4) is 22.9 Å². The van der Waals surface area contributed by atoms with Gasteiger partial charge in [0.2, 0.25) is 0 Å². The number of anilines is 1. The van der Waals surface area contributed by atoms with Crippen LogP contribution in [0, 0.1) is 11.3 Å². The van der Waals surface area contributed by atoms with E-state index in [1.165, 1.54) is 12.8 Å². The Hall–Kier alpha value is -2.54. The lowest BCUT2D eigenvalue weighted by Crippen LogP contribution is -2.20. The third-order valence-corrected chi connectivity index (χ3v) is 3.89. The minimum atomic E-state index is 0.553. The van der Waals surface area contributed by atoms with Gasteiger partial charge < -0.3 is 9.64 Å². The molecule has 0 radical (unpaired) electrons. The molecule has 1 fully saturated rings. The van der Waals surface area contributed by atoms with E-state index in [1.54, 1.807) is 6.20 Å². The SMILES string of the molecule is CCOc1c(N2CCCC2)ncc(C#N)c1-c1ccccc1. The zero-order valence-corrected chi connectivity index (χ0v) is 12.7. The highest BCUT2D eigenvalue weighted by atomic mass is 16.5. The molecule has 1 aromatic heterocycles. The molecule has 3 rings (SSSR count). The van der Waals surface area contributed by atoms with Crippen LogP contribution in [0.1, 0.15) is 25.3 Å². The van der Waals surface area contributed by atoms with Gasteiger partial charge in [0.25, 0.3) is 0 Å². The van der Waals surface area contributed by atoms with E-state index >= 15 is 0 Å². The summed E-state index contributed by atoms with van der Waals surface area (Å²) in [5.74, 6) is 1.59. The number of hydrogen-bond acceptors (Lipinski definition) is 4. The third kappa shape index (κ3) is 2.62. The molecule has 112 valence electrons. The van der Waals surface area contributed by atoms with Gasteiger partial charge in [-0.05, 0) is 25.3 Å². The van der Waals surface area contributed by atoms with Crippen LogP contribution >= 0.6 is 0 Å². The molecule has 4 nitrogen and oxygen atoms in total. The molecule has 0 spiro atoms. The van der Waals surface area contributed by atoms with Crippen LogP contribution < -0.4 is 9.64 Å². The average Bonchev–Trinajstić information content (AvgIpc) is 3.09. The molecule has 22 heavy (non-hydrogen) atoms. The standard InChI is InChI=1S/C18H19N3O/c1-2-22-17-16(14-8-4-3-5-9-14)15(12-19)13-20-18(17)21-10-6-7-11-21/h3-5,8-9,13H,2,6-7,10-11H2,1H3. The molecular formula is C18H19N3O. The maximum atomic E-state index is 9.47. The quantitative estimate of drug-likeness (QED) is 0.864. The number of aromatic nitrogens is 1. The molecule has 0 saturated carbocycles. The lowest BCUT2D eigenvalue weighted by Gasteiger charge is -2.22.